The number of hydrogen-bond donors (Lipinski definition) is 2. The number of nitrogens with zero attached hydrogens (tertiary/aromatic N) is 4. The van der Waals surface area contributed by atoms with E-state index < -0.39 is 6.04 Å². The maximum Gasteiger partial charge on any atom is 0.277 e. The average Bonchev–Trinajstić information content (AvgIpc) is 3.46. The highest BCUT2D eigenvalue weighted by Crippen LogP contribution is 2.26. The monoisotopic (exact) mass is 460 g/mol. The van der Waals surface area contributed by atoms with Crippen LogP contribution in [0.5, 0.6) is 0 Å². The predicted octanol–water partition coefficient (Wildman–Crippen LogP) is 3.10. The Kier molecular flexibility index (Phi) is 6.12. The summed E-state index contributed by atoms with van der Waals surface area (Å²) in [5.74, 6) is 0.512. The summed E-state index contributed by atoms with van der Waals surface area (Å²) in [5.41, 5.74) is 1.46. The van der Waals surface area contributed by atoms with E-state index in [2.05, 4.69) is 25.6 Å². The summed E-state index contributed by atoms with van der Waals surface area (Å²) < 4.78 is 2.69. The van der Waals surface area contributed by atoms with E-state index in [1.165, 1.54) is 5.56 Å². The minimum absolute atomic E-state index is 0.150. The molecular weight excluding hydrogens is 436 g/mol. The van der Waals surface area contributed by atoms with Crippen LogP contribution in [-0.4, -0.2) is 32.0 Å². The van der Waals surface area contributed by atoms with E-state index in [0.29, 0.717) is 37.4 Å². The lowest BCUT2D eigenvalue weighted by molar-refractivity contribution is -0.124. The molecule has 4 aromatic rings. The normalized spacial score (nSPS) is 14.8. The Morgan fingerprint density at radius 1 is 1.15 bits per heavy atom. The molecule has 2 N–H and O–H groups in total. The molecule has 1 aliphatic rings. The lowest BCUT2D eigenvalue weighted by atomic mass is 10.1. The van der Waals surface area contributed by atoms with Crippen molar-refractivity contribution in [3.05, 3.63) is 81.9 Å². The summed E-state index contributed by atoms with van der Waals surface area (Å²) in [6.07, 6.45) is 11.7. The van der Waals surface area contributed by atoms with Crippen molar-refractivity contribution >= 4 is 33.0 Å². The summed E-state index contributed by atoms with van der Waals surface area (Å²) >= 11 is 1.63. The maximum absolute atomic E-state index is 13.1. The number of pyridine rings is 2. The zero-order valence-electron chi connectivity index (χ0n) is 18.0. The first-order chi connectivity index (χ1) is 16.2. The molecule has 0 aliphatic carbocycles. The van der Waals surface area contributed by atoms with Gasteiger partial charge in [0.05, 0.1) is 12.7 Å². The van der Waals surface area contributed by atoms with Gasteiger partial charge in [-0.15, -0.1) is 11.3 Å². The highest BCUT2D eigenvalue weighted by Gasteiger charge is 2.31. The van der Waals surface area contributed by atoms with Gasteiger partial charge in [0.1, 0.15) is 17.6 Å². The third-order valence-corrected chi connectivity index (χ3v) is 6.95. The first-order valence-corrected chi connectivity index (χ1v) is 11.8. The second kappa shape index (κ2) is 9.50. The van der Waals surface area contributed by atoms with Crippen LogP contribution in [0, 0.1) is 0 Å². The Morgan fingerprint density at radius 2 is 2.00 bits per heavy atom. The number of fused-ring (bicyclic) bond motifs is 2. The maximum atomic E-state index is 13.1. The van der Waals surface area contributed by atoms with E-state index in [1.807, 2.05) is 30.5 Å². The first-order valence-electron chi connectivity index (χ1n) is 11.0. The molecule has 0 saturated carbocycles. The fraction of sp³-hybridized carbons (Fsp3) is 0.292. The summed E-state index contributed by atoms with van der Waals surface area (Å²) in [6.45, 7) is 1.08. The van der Waals surface area contributed by atoms with Crippen LogP contribution in [0.3, 0.4) is 0 Å². The lowest BCUT2D eigenvalue weighted by Gasteiger charge is -2.15. The van der Waals surface area contributed by atoms with Gasteiger partial charge in [-0.3, -0.25) is 24.1 Å². The van der Waals surface area contributed by atoms with Gasteiger partial charge in [-0.05, 0) is 49.1 Å². The molecule has 0 saturated heterocycles. The Labute approximate surface area is 194 Å². The summed E-state index contributed by atoms with van der Waals surface area (Å²) in [5, 5.41) is 7.26. The number of carbonyl (C=O) groups excluding carboxylic acids is 1. The van der Waals surface area contributed by atoms with Gasteiger partial charge in [0, 0.05) is 52.7 Å². The van der Waals surface area contributed by atoms with Crippen molar-refractivity contribution in [3.63, 3.8) is 0 Å². The third-order valence-electron chi connectivity index (χ3n) is 5.84. The lowest BCUT2D eigenvalue weighted by Crippen LogP contribution is -2.36. The highest BCUT2D eigenvalue weighted by molar-refractivity contribution is 7.19. The molecule has 1 aliphatic heterocycles. The van der Waals surface area contributed by atoms with Crippen LogP contribution >= 0.6 is 11.3 Å². The summed E-state index contributed by atoms with van der Waals surface area (Å²) in [7, 11) is 0. The molecule has 9 heteroatoms. The van der Waals surface area contributed by atoms with E-state index >= 15 is 0 Å². The standard InChI is InChI=1S/C24H24N6O2S/c31-23(29-14-18-12-17-13-26-11-7-21(17)33-18)20-3-4-22-28-15-19(24(32)30(20)22)27-8-1-2-16-5-9-25-10-6-16/h5-7,9-13,15,20,27H,1-4,8,14H2,(H,29,31)/t20-/m0/s1. The van der Waals surface area contributed by atoms with E-state index in [1.54, 1.807) is 40.7 Å². The zero-order chi connectivity index (χ0) is 22.6. The molecule has 0 spiro atoms. The number of aromatic nitrogens is 4. The Bertz CT molecular complexity index is 1300. The summed E-state index contributed by atoms with van der Waals surface area (Å²) in [4.78, 5) is 39.7. The predicted molar refractivity (Wildman–Crippen MR) is 128 cm³/mol. The number of anilines is 1. The second-order valence-electron chi connectivity index (χ2n) is 8.05. The number of carbonyl (C=O) groups is 1. The van der Waals surface area contributed by atoms with Gasteiger partial charge in [-0.25, -0.2) is 4.98 Å². The minimum Gasteiger partial charge on any atom is -0.379 e. The van der Waals surface area contributed by atoms with Crippen molar-refractivity contribution in [2.75, 3.05) is 11.9 Å². The molecule has 1 amide bonds. The van der Waals surface area contributed by atoms with Crippen molar-refractivity contribution in [1.29, 1.82) is 0 Å². The Balaban J connectivity index is 1.22. The van der Waals surface area contributed by atoms with Gasteiger partial charge in [0.2, 0.25) is 5.91 Å². The topological polar surface area (TPSA) is 102 Å². The van der Waals surface area contributed by atoms with Crippen molar-refractivity contribution in [2.24, 2.45) is 0 Å². The van der Waals surface area contributed by atoms with Crippen LogP contribution in [-0.2, 0) is 24.2 Å². The number of nitrogens with one attached hydrogen (secondary N) is 2. The SMILES string of the molecule is O=C(NCc1cc2cnccc2s1)[C@@H]1CCc2ncc(NCCCc3ccncc3)c(=O)n21. The third kappa shape index (κ3) is 4.63. The van der Waals surface area contributed by atoms with Gasteiger partial charge >= 0.3 is 0 Å². The van der Waals surface area contributed by atoms with E-state index in [-0.39, 0.29) is 11.5 Å². The first kappa shape index (κ1) is 21.3. The van der Waals surface area contributed by atoms with Gasteiger partial charge in [0.25, 0.3) is 5.56 Å². The van der Waals surface area contributed by atoms with Gasteiger partial charge in [0.15, 0.2) is 0 Å². The van der Waals surface area contributed by atoms with Crippen molar-refractivity contribution < 1.29 is 4.79 Å². The zero-order valence-corrected chi connectivity index (χ0v) is 18.8. The molecule has 0 bridgehead atoms. The molecule has 168 valence electrons. The number of rotatable bonds is 8. The van der Waals surface area contributed by atoms with E-state index in [9.17, 15) is 9.59 Å². The van der Waals surface area contributed by atoms with Gasteiger partial charge in [-0.1, -0.05) is 0 Å². The van der Waals surface area contributed by atoms with Crippen LogP contribution in [0.1, 0.15) is 35.1 Å². The minimum atomic E-state index is -0.533. The fourth-order valence-electron chi connectivity index (χ4n) is 4.16. The number of hydrogen-bond acceptors (Lipinski definition) is 7. The Hall–Kier alpha value is -3.59. The number of amides is 1. The van der Waals surface area contributed by atoms with Crippen LogP contribution in [0.25, 0.3) is 10.1 Å². The largest absolute Gasteiger partial charge is 0.379 e. The fourth-order valence-corrected chi connectivity index (χ4v) is 5.13. The molecule has 0 radical (unpaired) electrons. The van der Waals surface area contributed by atoms with Crippen LogP contribution < -0.4 is 16.2 Å². The highest BCUT2D eigenvalue weighted by atomic mass is 32.1. The van der Waals surface area contributed by atoms with Crippen LogP contribution in [0.2, 0.25) is 0 Å². The van der Waals surface area contributed by atoms with Crippen LogP contribution in [0.4, 0.5) is 5.69 Å². The molecule has 0 unspecified atom stereocenters. The molecule has 4 aromatic heterocycles. The van der Waals surface area contributed by atoms with E-state index in [4.69, 9.17) is 0 Å². The second-order valence-corrected chi connectivity index (χ2v) is 9.22. The quantitative estimate of drug-likeness (QED) is 0.392. The van der Waals surface area contributed by atoms with Gasteiger partial charge < -0.3 is 10.6 Å². The summed E-state index contributed by atoms with van der Waals surface area (Å²) in [6, 6.07) is 7.46. The molecule has 5 rings (SSSR count). The smallest absolute Gasteiger partial charge is 0.277 e. The molecule has 1 atom stereocenters. The molecular formula is C24H24N6O2S. The van der Waals surface area contributed by atoms with Crippen LogP contribution in [0.15, 0.2) is 60.0 Å². The van der Waals surface area contributed by atoms with Gasteiger partial charge in [-0.2, -0.15) is 0 Å². The molecule has 0 aromatic carbocycles. The number of thiophene rings is 1. The molecule has 5 heterocycles. The molecule has 8 nitrogen and oxygen atoms in total. The van der Waals surface area contributed by atoms with Crippen molar-refractivity contribution in [3.8, 4) is 0 Å². The molecule has 0 fully saturated rings. The van der Waals surface area contributed by atoms with Crippen molar-refractivity contribution in [1.82, 2.24) is 24.8 Å². The molecule has 33 heavy (non-hydrogen) atoms. The van der Waals surface area contributed by atoms with Crippen molar-refractivity contribution in [2.45, 2.75) is 38.3 Å². The van der Waals surface area contributed by atoms with E-state index in [0.717, 1.165) is 27.8 Å². The number of aryl methyl sites for hydroxylation is 2. The average molecular weight is 461 g/mol. The Morgan fingerprint density at radius 3 is 2.85 bits per heavy atom.